The number of aliphatic hydroxyl groups is 1. The van der Waals surface area contributed by atoms with Crippen molar-refractivity contribution in [2.24, 2.45) is 0 Å². The van der Waals surface area contributed by atoms with Gasteiger partial charge in [-0.2, -0.15) is 0 Å². The summed E-state index contributed by atoms with van der Waals surface area (Å²) in [6, 6.07) is 2.94. The van der Waals surface area contributed by atoms with Gasteiger partial charge in [0.25, 0.3) is 5.91 Å². The maximum Gasteiger partial charge on any atom is 0.261 e. The maximum absolute atomic E-state index is 12.1. The van der Waals surface area contributed by atoms with Gasteiger partial charge in [0.15, 0.2) is 0 Å². The Kier molecular flexibility index (Phi) is 3.91. The second-order valence-corrected chi connectivity index (χ2v) is 6.13. The molecule has 19 heavy (non-hydrogen) atoms. The maximum atomic E-state index is 12.1. The number of thiophene rings is 1. The molecule has 1 fully saturated rings. The van der Waals surface area contributed by atoms with E-state index in [4.69, 9.17) is 0 Å². The number of amides is 2. The lowest BCUT2D eigenvalue weighted by molar-refractivity contribution is -0.132. The average Bonchev–Trinajstić information content (AvgIpc) is 2.96. The molecule has 5 nitrogen and oxygen atoms in total. The predicted octanol–water partition coefficient (Wildman–Crippen LogP) is 0.850. The van der Waals surface area contributed by atoms with Gasteiger partial charge in [-0.25, -0.2) is 0 Å². The summed E-state index contributed by atoms with van der Waals surface area (Å²) in [4.78, 5) is 26.2. The van der Waals surface area contributed by atoms with Crippen LogP contribution < -0.4 is 5.32 Å². The summed E-state index contributed by atoms with van der Waals surface area (Å²) >= 11 is 1.34. The summed E-state index contributed by atoms with van der Waals surface area (Å²) in [7, 11) is 0. The third-order valence-electron chi connectivity index (χ3n) is 3.23. The van der Waals surface area contributed by atoms with E-state index < -0.39 is 11.6 Å². The first kappa shape index (κ1) is 14.0. The quantitative estimate of drug-likeness (QED) is 0.863. The van der Waals surface area contributed by atoms with Crippen molar-refractivity contribution in [1.29, 1.82) is 0 Å². The van der Waals surface area contributed by atoms with E-state index in [0.717, 1.165) is 0 Å². The molecule has 2 rings (SSSR count). The van der Waals surface area contributed by atoms with Gasteiger partial charge in [0.1, 0.15) is 6.04 Å². The minimum absolute atomic E-state index is 0.150. The summed E-state index contributed by atoms with van der Waals surface area (Å²) in [5.74, 6) is -0.385. The minimum atomic E-state index is -0.812. The molecule has 2 N–H and O–H groups in total. The predicted molar refractivity (Wildman–Crippen MR) is 73.1 cm³/mol. The molecular formula is C13H18N2O3S. The second kappa shape index (κ2) is 5.30. The molecule has 2 unspecified atom stereocenters. The van der Waals surface area contributed by atoms with Crippen LogP contribution in [0.4, 0.5) is 0 Å². The monoisotopic (exact) mass is 282 g/mol. The highest BCUT2D eigenvalue weighted by atomic mass is 32.1. The number of rotatable bonds is 3. The van der Waals surface area contributed by atoms with E-state index in [0.29, 0.717) is 24.4 Å². The fourth-order valence-electron chi connectivity index (χ4n) is 2.14. The molecular weight excluding hydrogens is 264 g/mol. The van der Waals surface area contributed by atoms with Gasteiger partial charge >= 0.3 is 0 Å². The fraction of sp³-hybridized carbons (Fsp3) is 0.538. The van der Waals surface area contributed by atoms with Crippen LogP contribution in [0.3, 0.4) is 0 Å². The highest BCUT2D eigenvalue weighted by Gasteiger charge is 2.35. The van der Waals surface area contributed by atoms with Crippen molar-refractivity contribution in [3.05, 3.63) is 22.4 Å². The molecule has 1 saturated heterocycles. The molecule has 2 atom stereocenters. The Hall–Kier alpha value is -1.40. The van der Waals surface area contributed by atoms with Crippen molar-refractivity contribution >= 4 is 23.2 Å². The van der Waals surface area contributed by atoms with Crippen molar-refractivity contribution in [2.45, 2.75) is 31.9 Å². The zero-order valence-electron chi connectivity index (χ0n) is 11.0. The molecule has 0 aliphatic carbocycles. The van der Waals surface area contributed by atoms with E-state index in [9.17, 15) is 14.7 Å². The summed E-state index contributed by atoms with van der Waals surface area (Å²) in [6.07, 6.45) is 0.574. The Balaban J connectivity index is 1.91. The van der Waals surface area contributed by atoms with Crippen molar-refractivity contribution in [3.63, 3.8) is 0 Å². The van der Waals surface area contributed by atoms with Gasteiger partial charge in [-0.05, 0) is 31.7 Å². The lowest BCUT2D eigenvalue weighted by Gasteiger charge is -2.22. The fourth-order valence-corrected chi connectivity index (χ4v) is 2.77. The van der Waals surface area contributed by atoms with Crippen LogP contribution in [0.5, 0.6) is 0 Å². The number of carbonyl (C=O) groups is 2. The van der Waals surface area contributed by atoms with E-state index in [1.807, 2.05) is 5.38 Å². The summed E-state index contributed by atoms with van der Waals surface area (Å²) in [5.41, 5.74) is -0.812. The van der Waals surface area contributed by atoms with Crippen LogP contribution in [0.2, 0.25) is 0 Å². The van der Waals surface area contributed by atoms with Crippen LogP contribution >= 0.6 is 11.3 Å². The topological polar surface area (TPSA) is 69.6 Å². The van der Waals surface area contributed by atoms with Crippen LogP contribution in [-0.4, -0.2) is 46.6 Å². The SMILES string of the molecule is CC(NC(=O)c1cccs1)C(=O)N1CCC(C)(O)C1. The van der Waals surface area contributed by atoms with Crippen LogP contribution in [-0.2, 0) is 4.79 Å². The highest BCUT2D eigenvalue weighted by molar-refractivity contribution is 7.12. The van der Waals surface area contributed by atoms with E-state index >= 15 is 0 Å². The van der Waals surface area contributed by atoms with Crippen LogP contribution in [0.15, 0.2) is 17.5 Å². The smallest absolute Gasteiger partial charge is 0.261 e. The highest BCUT2D eigenvalue weighted by Crippen LogP contribution is 2.20. The molecule has 1 aliphatic heterocycles. The van der Waals surface area contributed by atoms with Gasteiger partial charge in [-0.1, -0.05) is 6.07 Å². The first-order valence-electron chi connectivity index (χ1n) is 6.24. The van der Waals surface area contributed by atoms with Gasteiger partial charge in [0.05, 0.1) is 10.5 Å². The molecule has 1 aromatic heterocycles. The number of nitrogens with one attached hydrogen (secondary N) is 1. The van der Waals surface area contributed by atoms with E-state index in [1.165, 1.54) is 11.3 Å². The number of likely N-dealkylation sites (tertiary alicyclic amines) is 1. The molecule has 0 radical (unpaired) electrons. The van der Waals surface area contributed by atoms with E-state index in [2.05, 4.69) is 5.32 Å². The number of nitrogens with zero attached hydrogens (tertiary/aromatic N) is 1. The Morgan fingerprint density at radius 2 is 2.32 bits per heavy atom. The molecule has 1 aliphatic rings. The first-order valence-corrected chi connectivity index (χ1v) is 7.12. The molecule has 2 amide bonds. The van der Waals surface area contributed by atoms with Gasteiger partial charge < -0.3 is 15.3 Å². The zero-order valence-corrected chi connectivity index (χ0v) is 11.9. The molecule has 2 heterocycles. The Labute approximate surface area is 116 Å². The molecule has 0 spiro atoms. The first-order chi connectivity index (χ1) is 8.89. The van der Waals surface area contributed by atoms with Crippen molar-refractivity contribution in [2.75, 3.05) is 13.1 Å². The lowest BCUT2D eigenvalue weighted by atomic mass is 10.1. The Bertz CT molecular complexity index is 470. The second-order valence-electron chi connectivity index (χ2n) is 5.18. The summed E-state index contributed by atoms with van der Waals surface area (Å²) in [5, 5.41) is 14.4. The van der Waals surface area contributed by atoms with Gasteiger partial charge in [-0.15, -0.1) is 11.3 Å². The number of hydrogen-bond donors (Lipinski definition) is 2. The zero-order chi connectivity index (χ0) is 14.0. The van der Waals surface area contributed by atoms with E-state index in [1.54, 1.807) is 30.9 Å². The molecule has 6 heteroatoms. The van der Waals surface area contributed by atoms with Crippen molar-refractivity contribution in [3.8, 4) is 0 Å². The van der Waals surface area contributed by atoms with Gasteiger partial charge in [-0.3, -0.25) is 9.59 Å². The van der Waals surface area contributed by atoms with Crippen LogP contribution in [0, 0.1) is 0 Å². The third kappa shape index (κ3) is 3.33. The van der Waals surface area contributed by atoms with Crippen molar-refractivity contribution < 1.29 is 14.7 Å². The number of hydrogen-bond acceptors (Lipinski definition) is 4. The lowest BCUT2D eigenvalue weighted by Crippen LogP contribution is -2.47. The van der Waals surface area contributed by atoms with Crippen LogP contribution in [0.1, 0.15) is 29.9 Å². The largest absolute Gasteiger partial charge is 0.388 e. The molecule has 0 saturated carbocycles. The molecule has 1 aromatic rings. The summed E-state index contributed by atoms with van der Waals surface area (Å²) < 4.78 is 0. The average molecular weight is 282 g/mol. The summed E-state index contributed by atoms with van der Waals surface area (Å²) in [6.45, 7) is 4.24. The molecule has 0 aromatic carbocycles. The molecule has 104 valence electrons. The Morgan fingerprint density at radius 1 is 1.58 bits per heavy atom. The number of carbonyl (C=O) groups excluding carboxylic acids is 2. The van der Waals surface area contributed by atoms with Crippen LogP contribution in [0.25, 0.3) is 0 Å². The van der Waals surface area contributed by atoms with Gasteiger partial charge in [0.2, 0.25) is 5.91 Å². The third-order valence-corrected chi connectivity index (χ3v) is 4.10. The normalized spacial score (nSPS) is 24.3. The standard InChI is InChI=1S/C13H18N2O3S/c1-9(14-11(16)10-4-3-7-19-10)12(17)15-6-5-13(2,18)8-15/h3-4,7,9,18H,5-6,8H2,1-2H3,(H,14,16). The van der Waals surface area contributed by atoms with Crippen molar-refractivity contribution in [1.82, 2.24) is 10.2 Å². The van der Waals surface area contributed by atoms with E-state index in [-0.39, 0.29) is 11.8 Å². The minimum Gasteiger partial charge on any atom is -0.388 e. The van der Waals surface area contributed by atoms with Gasteiger partial charge in [0, 0.05) is 13.1 Å². The number of β-amino-alcohol motifs (C(OH)–C–C–N with tert-alkyl or cyclic N) is 1. The Morgan fingerprint density at radius 3 is 2.84 bits per heavy atom. The molecule has 0 bridgehead atoms.